The third-order valence-electron chi connectivity index (χ3n) is 7.43. The van der Waals surface area contributed by atoms with Gasteiger partial charge in [0.1, 0.15) is 5.60 Å². The molecule has 0 bridgehead atoms. The topological polar surface area (TPSA) is 96.4 Å². The molecule has 0 spiro atoms. The second-order valence-corrected chi connectivity index (χ2v) is 12.1. The Morgan fingerprint density at radius 1 is 0.867 bits per heavy atom. The maximum Gasteiger partial charge on any atom is 0.410 e. The molecule has 0 aliphatic carbocycles. The molecule has 9 nitrogen and oxygen atoms in total. The van der Waals surface area contributed by atoms with Gasteiger partial charge in [0.25, 0.3) is 0 Å². The Hall–Kier alpha value is -3.79. The lowest BCUT2D eigenvalue weighted by Crippen LogP contribution is -2.47. The molecule has 3 aromatic rings. The highest BCUT2D eigenvalue weighted by Crippen LogP contribution is 2.34. The molecule has 1 aromatic heterocycles. The molecule has 1 aliphatic rings. The minimum Gasteiger partial charge on any atom is -0.466 e. The van der Waals surface area contributed by atoms with Gasteiger partial charge in [-0.15, -0.1) is 0 Å². The summed E-state index contributed by atoms with van der Waals surface area (Å²) in [7, 11) is 0. The Morgan fingerprint density at radius 3 is 2.24 bits per heavy atom. The van der Waals surface area contributed by atoms with Gasteiger partial charge in [-0.3, -0.25) is 9.78 Å². The lowest BCUT2D eigenvalue weighted by molar-refractivity contribution is -0.150. The van der Waals surface area contributed by atoms with Crippen molar-refractivity contribution in [3.8, 4) is 11.3 Å². The molecule has 1 amide bonds. The van der Waals surface area contributed by atoms with Crippen molar-refractivity contribution < 1.29 is 33.3 Å². The van der Waals surface area contributed by atoms with E-state index >= 15 is 0 Å². The zero-order valence-corrected chi connectivity index (χ0v) is 26.9. The normalized spacial score (nSPS) is 16.8. The number of hydrogen-bond acceptors (Lipinski definition) is 8. The van der Waals surface area contributed by atoms with Gasteiger partial charge < -0.3 is 28.6 Å². The highest BCUT2D eigenvalue weighted by Gasteiger charge is 2.38. The van der Waals surface area contributed by atoms with Crippen molar-refractivity contribution in [3.05, 3.63) is 89.6 Å². The third kappa shape index (κ3) is 11.0. The molecule has 2 heterocycles. The Labute approximate surface area is 266 Å². The van der Waals surface area contributed by atoms with Crippen LogP contribution < -0.4 is 0 Å². The molecule has 1 aliphatic heterocycles. The Morgan fingerprint density at radius 2 is 1.58 bits per heavy atom. The number of carbonyl (C=O) groups excluding carboxylic acids is 2. The predicted octanol–water partition coefficient (Wildman–Crippen LogP) is 6.40. The molecular formula is C36H46N2O7. The van der Waals surface area contributed by atoms with Crippen molar-refractivity contribution in [2.75, 3.05) is 46.1 Å². The van der Waals surface area contributed by atoms with Crippen LogP contribution in [0.25, 0.3) is 11.3 Å². The van der Waals surface area contributed by atoms with Crippen molar-refractivity contribution in [3.63, 3.8) is 0 Å². The number of nitrogens with zero attached hydrogens (tertiary/aromatic N) is 2. The van der Waals surface area contributed by atoms with E-state index in [2.05, 4.69) is 29.2 Å². The third-order valence-corrected chi connectivity index (χ3v) is 7.43. The first kappa shape index (κ1) is 34.1. The molecule has 0 N–H and O–H groups in total. The minimum atomic E-state index is -0.591. The van der Waals surface area contributed by atoms with Crippen molar-refractivity contribution in [2.45, 2.75) is 58.8 Å². The van der Waals surface area contributed by atoms with E-state index in [1.165, 1.54) is 0 Å². The summed E-state index contributed by atoms with van der Waals surface area (Å²) in [5.74, 6) is -0.763. The monoisotopic (exact) mass is 618 g/mol. The molecule has 1 saturated heterocycles. The number of aromatic nitrogens is 1. The van der Waals surface area contributed by atoms with Crippen LogP contribution in [0.5, 0.6) is 0 Å². The summed E-state index contributed by atoms with van der Waals surface area (Å²) in [6.45, 7) is 11.3. The van der Waals surface area contributed by atoms with Gasteiger partial charge in [-0.1, -0.05) is 54.6 Å². The summed E-state index contributed by atoms with van der Waals surface area (Å²) in [5, 5.41) is 0. The maximum absolute atomic E-state index is 12.8. The molecule has 0 unspecified atom stereocenters. The number of hydrogen-bond donors (Lipinski definition) is 0. The summed E-state index contributed by atoms with van der Waals surface area (Å²) in [6.07, 6.45) is 1.94. The molecule has 0 saturated carbocycles. The molecule has 2 aromatic carbocycles. The van der Waals surface area contributed by atoms with Crippen molar-refractivity contribution in [1.82, 2.24) is 9.88 Å². The van der Waals surface area contributed by atoms with Crippen LogP contribution in [0.2, 0.25) is 0 Å². The van der Waals surface area contributed by atoms with E-state index in [-0.39, 0.29) is 23.9 Å². The van der Waals surface area contributed by atoms with E-state index in [1.54, 1.807) is 11.1 Å². The molecule has 4 rings (SSSR count). The zero-order valence-electron chi connectivity index (χ0n) is 26.9. The van der Waals surface area contributed by atoms with Crippen LogP contribution >= 0.6 is 0 Å². The summed E-state index contributed by atoms with van der Waals surface area (Å²) < 4.78 is 28.3. The van der Waals surface area contributed by atoms with Crippen LogP contribution in [0, 0.1) is 5.92 Å². The summed E-state index contributed by atoms with van der Waals surface area (Å²) >= 11 is 0. The first-order valence-corrected chi connectivity index (χ1v) is 15.7. The number of benzene rings is 2. The number of rotatable bonds is 14. The molecule has 0 radical (unpaired) electrons. The smallest absolute Gasteiger partial charge is 0.410 e. The fourth-order valence-electron chi connectivity index (χ4n) is 5.25. The molecule has 242 valence electrons. The van der Waals surface area contributed by atoms with Gasteiger partial charge in [0.15, 0.2) is 0 Å². The fourth-order valence-corrected chi connectivity index (χ4v) is 5.25. The standard InChI is InChI=1S/C36H46N2O7/c1-5-44-34(39)31-16-18-38(35(40)45-36(2,3)4)24-32(31)30-10-8-9-28(23-30)26-43-22-20-41-19-21-42-25-27-12-14-29(15-13-27)33-11-6-7-17-37-33/h6-15,17,23,31-32H,5,16,18-22,24-26H2,1-4H3/t31-,32+/m1/s1. The SMILES string of the molecule is CCOC(=O)[C@@H]1CCN(C(=O)OC(C)(C)C)C[C@H]1c1cccc(COCCOCCOCc2ccc(-c3ccccn3)cc2)c1. The van der Waals surface area contributed by atoms with E-state index in [1.807, 2.05) is 70.2 Å². The molecular weight excluding hydrogens is 572 g/mol. The van der Waals surface area contributed by atoms with Gasteiger partial charge in [0.05, 0.1) is 57.9 Å². The van der Waals surface area contributed by atoms with Gasteiger partial charge in [-0.2, -0.15) is 0 Å². The van der Waals surface area contributed by atoms with Crippen LogP contribution in [-0.2, 0) is 41.7 Å². The summed E-state index contributed by atoms with van der Waals surface area (Å²) in [5.41, 5.74) is 4.50. The van der Waals surface area contributed by atoms with Crippen molar-refractivity contribution in [2.24, 2.45) is 5.92 Å². The number of pyridine rings is 1. The largest absolute Gasteiger partial charge is 0.466 e. The van der Waals surface area contributed by atoms with E-state index in [4.69, 9.17) is 23.7 Å². The second kappa shape index (κ2) is 17.1. The van der Waals surface area contributed by atoms with Crippen LogP contribution in [0.3, 0.4) is 0 Å². The summed E-state index contributed by atoms with van der Waals surface area (Å²) in [4.78, 5) is 31.7. The van der Waals surface area contributed by atoms with Gasteiger partial charge >= 0.3 is 12.1 Å². The molecule has 9 heteroatoms. The van der Waals surface area contributed by atoms with E-state index in [0.29, 0.717) is 65.8 Å². The first-order valence-electron chi connectivity index (χ1n) is 15.7. The Balaban J connectivity index is 1.18. The van der Waals surface area contributed by atoms with Crippen LogP contribution in [-0.4, -0.2) is 73.7 Å². The number of piperidine rings is 1. The maximum atomic E-state index is 12.8. The first-order chi connectivity index (χ1) is 21.7. The van der Waals surface area contributed by atoms with Gasteiger partial charge in [0.2, 0.25) is 0 Å². The predicted molar refractivity (Wildman–Crippen MR) is 172 cm³/mol. The van der Waals surface area contributed by atoms with E-state index in [0.717, 1.165) is 27.9 Å². The van der Waals surface area contributed by atoms with Crippen molar-refractivity contribution >= 4 is 12.1 Å². The molecule has 45 heavy (non-hydrogen) atoms. The number of amides is 1. The Bertz CT molecular complexity index is 1340. The molecule has 2 atom stereocenters. The van der Waals surface area contributed by atoms with Crippen LogP contribution in [0.1, 0.15) is 56.7 Å². The van der Waals surface area contributed by atoms with Gasteiger partial charge in [-0.25, -0.2) is 4.79 Å². The molecule has 1 fully saturated rings. The minimum absolute atomic E-state index is 0.201. The number of esters is 1. The van der Waals surface area contributed by atoms with E-state index in [9.17, 15) is 9.59 Å². The lowest BCUT2D eigenvalue weighted by Gasteiger charge is -2.38. The highest BCUT2D eigenvalue weighted by molar-refractivity contribution is 5.75. The quantitative estimate of drug-likeness (QED) is 0.151. The van der Waals surface area contributed by atoms with Crippen molar-refractivity contribution in [1.29, 1.82) is 0 Å². The highest BCUT2D eigenvalue weighted by atomic mass is 16.6. The average molecular weight is 619 g/mol. The second-order valence-electron chi connectivity index (χ2n) is 12.1. The van der Waals surface area contributed by atoms with Gasteiger partial charge in [-0.05, 0) is 62.9 Å². The Kier molecular flexibility index (Phi) is 12.9. The van der Waals surface area contributed by atoms with Crippen LogP contribution in [0.15, 0.2) is 72.9 Å². The number of carbonyl (C=O) groups is 2. The fraction of sp³-hybridized carbons (Fsp3) is 0.472. The average Bonchev–Trinajstić information content (AvgIpc) is 3.04. The number of likely N-dealkylation sites (tertiary alicyclic amines) is 1. The van der Waals surface area contributed by atoms with Gasteiger partial charge in [0, 0.05) is 30.8 Å². The van der Waals surface area contributed by atoms with Crippen LogP contribution in [0.4, 0.5) is 4.79 Å². The lowest BCUT2D eigenvalue weighted by atomic mass is 9.80. The number of ether oxygens (including phenoxy) is 5. The summed E-state index contributed by atoms with van der Waals surface area (Å²) in [6, 6.07) is 22.1. The van der Waals surface area contributed by atoms with E-state index < -0.39 is 5.60 Å². The zero-order chi connectivity index (χ0) is 32.1.